The lowest BCUT2D eigenvalue weighted by molar-refractivity contribution is 0.154. The molecule has 0 heterocycles. The van der Waals surface area contributed by atoms with Gasteiger partial charge in [0.05, 0.1) is 6.54 Å². The van der Waals surface area contributed by atoms with Crippen molar-refractivity contribution in [2.45, 2.75) is 4.11 Å². The molecule has 0 saturated carbocycles. The van der Waals surface area contributed by atoms with Gasteiger partial charge >= 0.3 is 6.09 Å². The van der Waals surface area contributed by atoms with Crippen LogP contribution in [0, 0.1) is 12.3 Å². The highest BCUT2D eigenvalue weighted by molar-refractivity contribution is 14.1. The summed E-state index contributed by atoms with van der Waals surface area (Å²) in [6.07, 6.45) is 4.06. The summed E-state index contributed by atoms with van der Waals surface area (Å²) in [6.45, 7) is 0.414. The number of hydrogen-bond acceptors (Lipinski definition) is 2. The third-order valence-electron chi connectivity index (χ3n) is 1.97. The Labute approximate surface area is 114 Å². The van der Waals surface area contributed by atoms with Crippen LogP contribution >= 0.6 is 22.6 Å². The molecule has 0 aliphatic heterocycles. The van der Waals surface area contributed by atoms with Gasteiger partial charge in [0.25, 0.3) is 0 Å². The van der Waals surface area contributed by atoms with Crippen molar-refractivity contribution < 1.29 is 14.6 Å². The molecule has 0 saturated heterocycles. The molecule has 4 nitrogen and oxygen atoms in total. The molecule has 0 aliphatic carbocycles. The Morgan fingerprint density at radius 2 is 2.18 bits per heavy atom. The molecule has 1 amide bonds. The zero-order valence-corrected chi connectivity index (χ0v) is 11.2. The predicted molar refractivity (Wildman–Crippen MR) is 74.4 cm³/mol. The fourth-order valence-electron chi connectivity index (χ4n) is 1.24. The van der Waals surface area contributed by atoms with E-state index in [-0.39, 0.29) is 17.3 Å². The number of rotatable bonds is 5. The second-order valence-electron chi connectivity index (χ2n) is 3.15. The van der Waals surface area contributed by atoms with Gasteiger partial charge < -0.3 is 9.84 Å². The molecule has 1 aromatic rings. The fourth-order valence-corrected chi connectivity index (χ4v) is 1.81. The van der Waals surface area contributed by atoms with Crippen LogP contribution in [0.15, 0.2) is 30.3 Å². The molecule has 0 fully saturated rings. The van der Waals surface area contributed by atoms with E-state index in [1.807, 2.05) is 28.7 Å². The molecule has 17 heavy (non-hydrogen) atoms. The molecule has 1 atom stereocenters. The van der Waals surface area contributed by atoms with E-state index in [0.717, 1.165) is 0 Å². The number of alkyl halides is 1. The third kappa shape index (κ3) is 4.63. The number of carboxylic acid groups (broad SMARTS) is 1. The standard InChI is InChI=1S/C12H12INO3/c1-2-8-17-11(13)9-14(12(15)16)10-6-4-3-5-7-10/h1,3-7,11H,8-9H2,(H,15,16). The summed E-state index contributed by atoms with van der Waals surface area (Å²) in [7, 11) is 0. The van der Waals surface area contributed by atoms with Crippen molar-refractivity contribution in [1.82, 2.24) is 0 Å². The Morgan fingerprint density at radius 1 is 1.53 bits per heavy atom. The Hall–Kier alpha value is -1.26. The van der Waals surface area contributed by atoms with Gasteiger partial charge in [-0.25, -0.2) is 4.79 Å². The number of nitrogens with zero attached hydrogens (tertiary/aromatic N) is 1. The normalized spacial score (nSPS) is 11.5. The van der Waals surface area contributed by atoms with Gasteiger partial charge in [-0.1, -0.05) is 24.1 Å². The molecule has 0 radical (unpaired) electrons. The average Bonchev–Trinajstić information content (AvgIpc) is 2.34. The first kappa shape index (κ1) is 13.8. The number of anilines is 1. The van der Waals surface area contributed by atoms with Gasteiger partial charge in [-0.15, -0.1) is 6.42 Å². The van der Waals surface area contributed by atoms with Crippen LogP contribution in [0.4, 0.5) is 10.5 Å². The molecular formula is C12H12INO3. The van der Waals surface area contributed by atoms with E-state index in [0.29, 0.717) is 5.69 Å². The number of carbonyl (C=O) groups is 1. The Balaban J connectivity index is 2.68. The maximum absolute atomic E-state index is 11.1. The summed E-state index contributed by atoms with van der Waals surface area (Å²) in [4.78, 5) is 12.4. The lowest BCUT2D eigenvalue weighted by Gasteiger charge is -2.21. The molecule has 5 heteroatoms. The minimum Gasteiger partial charge on any atom is -0.465 e. The van der Waals surface area contributed by atoms with Crippen LogP contribution < -0.4 is 4.90 Å². The second kappa shape index (κ2) is 7.14. The van der Waals surface area contributed by atoms with E-state index in [1.165, 1.54) is 4.90 Å². The zero-order chi connectivity index (χ0) is 12.7. The van der Waals surface area contributed by atoms with Gasteiger partial charge in [0, 0.05) is 5.69 Å². The summed E-state index contributed by atoms with van der Waals surface area (Å²) in [5, 5.41) is 9.13. The van der Waals surface area contributed by atoms with Crippen molar-refractivity contribution in [3.05, 3.63) is 30.3 Å². The minimum atomic E-state index is -1.01. The van der Waals surface area contributed by atoms with Crippen molar-refractivity contribution in [2.24, 2.45) is 0 Å². The van der Waals surface area contributed by atoms with Crippen LogP contribution in [-0.2, 0) is 4.74 Å². The Kier molecular flexibility index (Phi) is 5.80. The summed E-state index contributed by atoms with van der Waals surface area (Å²) < 4.78 is 4.96. The van der Waals surface area contributed by atoms with Gasteiger partial charge in [0.15, 0.2) is 0 Å². The first-order chi connectivity index (χ1) is 8.15. The molecule has 90 valence electrons. The monoisotopic (exact) mass is 345 g/mol. The maximum Gasteiger partial charge on any atom is 0.411 e. The number of para-hydroxylation sites is 1. The number of halogens is 1. The van der Waals surface area contributed by atoms with Crippen molar-refractivity contribution in [1.29, 1.82) is 0 Å². The van der Waals surface area contributed by atoms with E-state index in [1.54, 1.807) is 24.3 Å². The van der Waals surface area contributed by atoms with Crippen molar-refractivity contribution in [2.75, 3.05) is 18.1 Å². The van der Waals surface area contributed by atoms with Crippen molar-refractivity contribution in [3.8, 4) is 12.3 Å². The topological polar surface area (TPSA) is 49.8 Å². The van der Waals surface area contributed by atoms with Crippen LogP contribution in [-0.4, -0.2) is 28.5 Å². The van der Waals surface area contributed by atoms with Crippen LogP contribution in [0.5, 0.6) is 0 Å². The van der Waals surface area contributed by atoms with E-state index < -0.39 is 6.09 Å². The van der Waals surface area contributed by atoms with E-state index >= 15 is 0 Å². The summed E-state index contributed by atoms with van der Waals surface area (Å²) in [6, 6.07) is 8.88. The highest BCUT2D eigenvalue weighted by Gasteiger charge is 2.18. The van der Waals surface area contributed by atoms with E-state index in [4.69, 9.17) is 16.3 Å². The van der Waals surface area contributed by atoms with Crippen LogP contribution in [0.25, 0.3) is 0 Å². The van der Waals surface area contributed by atoms with Crippen LogP contribution in [0.1, 0.15) is 0 Å². The molecular weight excluding hydrogens is 333 g/mol. The molecule has 0 aliphatic rings. The maximum atomic E-state index is 11.1. The summed E-state index contributed by atoms with van der Waals surface area (Å²) in [5.74, 6) is 2.35. The zero-order valence-electron chi connectivity index (χ0n) is 9.04. The molecule has 1 aromatic carbocycles. The predicted octanol–water partition coefficient (Wildman–Crippen LogP) is 2.58. The number of terminal acetylenes is 1. The minimum absolute atomic E-state index is 0.176. The van der Waals surface area contributed by atoms with E-state index in [2.05, 4.69) is 5.92 Å². The number of amides is 1. The summed E-state index contributed by atoms with van der Waals surface area (Å²) in [5.41, 5.74) is 0.617. The molecule has 1 rings (SSSR count). The molecule has 0 aromatic heterocycles. The lowest BCUT2D eigenvalue weighted by Crippen LogP contribution is -2.35. The van der Waals surface area contributed by atoms with E-state index in [9.17, 15) is 4.79 Å². The molecule has 1 unspecified atom stereocenters. The van der Waals surface area contributed by atoms with Gasteiger partial charge in [0.1, 0.15) is 10.7 Å². The van der Waals surface area contributed by atoms with Gasteiger partial charge in [0.2, 0.25) is 0 Å². The van der Waals surface area contributed by atoms with Gasteiger partial charge in [-0.3, -0.25) is 4.90 Å². The van der Waals surface area contributed by atoms with Gasteiger partial charge in [-0.05, 0) is 34.7 Å². The summed E-state index contributed by atoms with van der Waals surface area (Å²) >= 11 is 2.02. The first-order valence-corrected chi connectivity index (χ1v) is 6.14. The largest absolute Gasteiger partial charge is 0.465 e. The van der Waals surface area contributed by atoms with Crippen LogP contribution in [0.2, 0.25) is 0 Å². The highest BCUT2D eigenvalue weighted by Crippen LogP contribution is 2.16. The smallest absolute Gasteiger partial charge is 0.411 e. The van der Waals surface area contributed by atoms with Crippen molar-refractivity contribution in [3.63, 3.8) is 0 Å². The number of ether oxygens (including phenoxy) is 1. The molecule has 0 bridgehead atoms. The number of benzene rings is 1. The quantitative estimate of drug-likeness (QED) is 0.507. The highest BCUT2D eigenvalue weighted by atomic mass is 127. The Bertz CT molecular complexity index is 402. The first-order valence-electron chi connectivity index (χ1n) is 4.89. The van der Waals surface area contributed by atoms with Gasteiger partial charge in [-0.2, -0.15) is 0 Å². The second-order valence-corrected chi connectivity index (χ2v) is 4.54. The fraction of sp³-hybridized carbons (Fsp3) is 0.250. The van der Waals surface area contributed by atoms with Crippen LogP contribution in [0.3, 0.4) is 0 Å². The molecule has 0 spiro atoms. The average molecular weight is 345 g/mol. The third-order valence-corrected chi connectivity index (χ3v) is 2.73. The number of hydrogen-bond donors (Lipinski definition) is 1. The molecule has 1 N–H and O–H groups in total. The SMILES string of the molecule is C#CCOC(I)CN(C(=O)O)c1ccccc1. The Morgan fingerprint density at radius 3 is 2.71 bits per heavy atom. The van der Waals surface area contributed by atoms with Crippen molar-refractivity contribution >= 4 is 34.4 Å². The lowest BCUT2D eigenvalue weighted by atomic mass is 10.3.